The SMILES string of the molecule is CC(C)[C@@H]1[C@@H](OC(=O)c2ccccc2)[C@H](C#N)ON1Cc1ccccc1. The fourth-order valence-electron chi connectivity index (χ4n) is 3.23. The van der Waals surface area contributed by atoms with Crippen LogP contribution in [0.3, 0.4) is 0 Å². The molecule has 0 aliphatic carbocycles. The summed E-state index contributed by atoms with van der Waals surface area (Å²) < 4.78 is 5.71. The molecule has 3 rings (SSSR count). The summed E-state index contributed by atoms with van der Waals surface area (Å²) in [4.78, 5) is 18.3. The van der Waals surface area contributed by atoms with E-state index in [2.05, 4.69) is 6.07 Å². The lowest BCUT2D eigenvalue weighted by molar-refractivity contribution is -0.162. The van der Waals surface area contributed by atoms with E-state index in [4.69, 9.17) is 9.57 Å². The average Bonchev–Trinajstić information content (AvgIpc) is 3.00. The minimum atomic E-state index is -0.821. The van der Waals surface area contributed by atoms with Gasteiger partial charge < -0.3 is 4.74 Å². The molecule has 1 fully saturated rings. The second kappa shape index (κ2) is 8.13. The summed E-state index contributed by atoms with van der Waals surface area (Å²) in [5.41, 5.74) is 1.54. The van der Waals surface area contributed by atoms with Gasteiger partial charge in [0.15, 0.2) is 6.10 Å². The van der Waals surface area contributed by atoms with Crippen LogP contribution in [-0.4, -0.2) is 29.3 Å². The Labute approximate surface area is 153 Å². The fourth-order valence-corrected chi connectivity index (χ4v) is 3.23. The molecule has 0 amide bonds. The Morgan fingerprint density at radius 1 is 1.15 bits per heavy atom. The standard InChI is InChI=1S/C21H22N2O3/c1-15(2)19-20(25-21(24)17-11-7-4-8-12-17)18(13-22)26-23(19)14-16-9-5-3-6-10-16/h3-12,15,18-20H,14H2,1-2H3/t18-,19+,20-/m0/s1. The van der Waals surface area contributed by atoms with Crippen LogP contribution in [0.1, 0.15) is 29.8 Å². The molecule has 3 atom stereocenters. The first-order valence-corrected chi connectivity index (χ1v) is 8.73. The van der Waals surface area contributed by atoms with Crippen LogP contribution in [0.2, 0.25) is 0 Å². The highest BCUT2D eigenvalue weighted by Crippen LogP contribution is 2.31. The molecule has 0 bridgehead atoms. The summed E-state index contributed by atoms with van der Waals surface area (Å²) >= 11 is 0. The van der Waals surface area contributed by atoms with Crippen molar-refractivity contribution >= 4 is 5.97 Å². The van der Waals surface area contributed by atoms with Gasteiger partial charge in [-0.15, -0.1) is 0 Å². The number of carbonyl (C=O) groups excluding carboxylic acids is 1. The summed E-state index contributed by atoms with van der Waals surface area (Å²) in [6.45, 7) is 4.60. The number of nitriles is 1. The van der Waals surface area contributed by atoms with Gasteiger partial charge in [-0.3, -0.25) is 4.84 Å². The second-order valence-corrected chi connectivity index (χ2v) is 6.69. The van der Waals surface area contributed by atoms with E-state index in [1.165, 1.54) is 0 Å². The fraction of sp³-hybridized carbons (Fsp3) is 0.333. The van der Waals surface area contributed by atoms with E-state index in [9.17, 15) is 10.1 Å². The third-order valence-corrected chi connectivity index (χ3v) is 4.46. The number of nitrogens with zero attached hydrogens (tertiary/aromatic N) is 2. The zero-order valence-corrected chi connectivity index (χ0v) is 14.9. The highest BCUT2D eigenvalue weighted by atomic mass is 16.7. The number of hydrogen-bond acceptors (Lipinski definition) is 5. The van der Waals surface area contributed by atoms with Crippen molar-refractivity contribution in [3.05, 3.63) is 71.8 Å². The van der Waals surface area contributed by atoms with Crippen LogP contribution < -0.4 is 0 Å². The van der Waals surface area contributed by atoms with Gasteiger partial charge in [-0.1, -0.05) is 62.4 Å². The predicted molar refractivity (Wildman–Crippen MR) is 96.7 cm³/mol. The Hall–Kier alpha value is -2.68. The van der Waals surface area contributed by atoms with Gasteiger partial charge >= 0.3 is 5.97 Å². The quantitative estimate of drug-likeness (QED) is 0.771. The lowest BCUT2D eigenvalue weighted by atomic mass is 9.95. The maximum absolute atomic E-state index is 12.5. The van der Waals surface area contributed by atoms with Gasteiger partial charge in [0.2, 0.25) is 6.10 Å². The summed E-state index contributed by atoms with van der Waals surface area (Å²) in [5.74, 6) is -0.294. The van der Waals surface area contributed by atoms with Crippen molar-refractivity contribution < 1.29 is 14.4 Å². The first-order valence-electron chi connectivity index (χ1n) is 8.73. The number of carbonyl (C=O) groups is 1. The molecule has 0 aromatic heterocycles. The minimum Gasteiger partial charge on any atom is -0.453 e. The van der Waals surface area contributed by atoms with Gasteiger partial charge in [0.1, 0.15) is 6.07 Å². The van der Waals surface area contributed by atoms with Crippen LogP contribution in [0.15, 0.2) is 60.7 Å². The predicted octanol–water partition coefficient (Wildman–Crippen LogP) is 3.58. The smallest absolute Gasteiger partial charge is 0.338 e. The molecule has 5 heteroatoms. The van der Waals surface area contributed by atoms with Crippen molar-refractivity contribution in [3.63, 3.8) is 0 Å². The van der Waals surface area contributed by atoms with Crippen LogP contribution in [0.4, 0.5) is 0 Å². The molecular formula is C21H22N2O3. The molecule has 134 valence electrons. The van der Waals surface area contributed by atoms with Crippen LogP contribution >= 0.6 is 0 Å². The Kier molecular flexibility index (Phi) is 5.67. The van der Waals surface area contributed by atoms with Gasteiger partial charge in [-0.2, -0.15) is 10.3 Å². The van der Waals surface area contributed by atoms with E-state index in [1.54, 1.807) is 29.3 Å². The highest BCUT2D eigenvalue weighted by molar-refractivity contribution is 5.89. The van der Waals surface area contributed by atoms with Crippen molar-refractivity contribution in [2.24, 2.45) is 5.92 Å². The lowest BCUT2D eigenvalue weighted by Crippen LogP contribution is -2.42. The van der Waals surface area contributed by atoms with E-state index in [0.29, 0.717) is 12.1 Å². The monoisotopic (exact) mass is 350 g/mol. The molecule has 26 heavy (non-hydrogen) atoms. The van der Waals surface area contributed by atoms with Gasteiger partial charge in [0.25, 0.3) is 0 Å². The Morgan fingerprint density at radius 2 is 1.77 bits per heavy atom. The molecule has 2 aromatic rings. The van der Waals surface area contributed by atoms with Crippen molar-refractivity contribution in [2.75, 3.05) is 0 Å². The maximum atomic E-state index is 12.5. The summed E-state index contributed by atoms with van der Waals surface area (Å²) in [6.07, 6.45) is -1.46. The molecular weight excluding hydrogens is 328 g/mol. The number of ether oxygens (including phenoxy) is 1. The van der Waals surface area contributed by atoms with Gasteiger partial charge in [0, 0.05) is 6.54 Å². The molecule has 0 unspecified atom stereocenters. The highest BCUT2D eigenvalue weighted by Gasteiger charge is 2.47. The second-order valence-electron chi connectivity index (χ2n) is 6.69. The number of esters is 1. The van der Waals surface area contributed by atoms with Gasteiger partial charge in [0.05, 0.1) is 11.6 Å². The number of hydroxylamine groups is 2. The molecule has 2 aromatic carbocycles. The van der Waals surface area contributed by atoms with E-state index in [-0.39, 0.29) is 12.0 Å². The molecule has 0 spiro atoms. The first kappa shape index (κ1) is 18.1. The molecule has 0 N–H and O–H groups in total. The first-order chi connectivity index (χ1) is 12.6. The van der Waals surface area contributed by atoms with E-state index >= 15 is 0 Å². The van der Waals surface area contributed by atoms with Crippen molar-refractivity contribution in [1.82, 2.24) is 5.06 Å². The van der Waals surface area contributed by atoms with Gasteiger partial charge in [-0.05, 0) is 23.6 Å². The van der Waals surface area contributed by atoms with Crippen LogP contribution in [0, 0.1) is 17.2 Å². The third kappa shape index (κ3) is 3.93. The molecule has 5 nitrogen and oxygen atoms in total. The molecule has 1 saturated heterocycles. The summed E-state index contributed by atoms with van der Waals surface area (Å²) in [5, 5.41) is 11.3. The zero-order chi connectivity index (χ0) is 18.5. The van der Waals surface area contributed by atoms with E-state index in [0.717, 1.165) is 5.56 Å². The molecule has 0 radical (unpaired) electrons. The van der Waals surface area contributed by atoms with Crippen LogP contribution in [0.25, 0.3) is 0 Å². The van der Waals surface area contributed by atoms with E-state index < -0.39 is 18.2 Å². The Balaban J connectivity index is 1.80. The van der Waals surface area contributed by atoms with Gasteiger partial charge in [-0.25, -0.2) is 4.79 Å². The third-order valence-electron chi connectivity index (χ3n) is 4.46. The number of rotatable bonds is 5. The average molecular weight is 350 g/mol. The van der Waals surface area contributed by atoms with Crippen molar-refractivity contribution in [2.45, 2.75) is 38.6 Å². The van der Waals surface area contributed by atoms with Crippen molar-refractivity contribution in [3.8, 4) is 6.07 Å². The Morgan fingerprint density at radius 3 is 2.35 bits per heavy atom. The summed E-state index contributed by atoms with van der Waals surface area (Å²) in [6, 6.07) is 20.6. The molecule has 1 heterocycles. The van der Waals surface area contributed by atoms with Crippen LogP contribution in [-0.2, 0) is 16.1 Å². The topological polar surface area (TPSA) is 62.6 Å². The normalized spacial score (nSPS) is 22.9. The Bertz CT molecular complexity index is 771. The summed E-state index contributed by atoms with van der Waals surface area (Å²) in [7, 11) is 0. The largest absolute Gasteiger partial charge is 0.453 e. The maximum Gasteiger partial charge on any atom is 0.338 e. The number of hydrogen-bond donors (Lipinski definition) is 0. The number of benzene rings is 2. The molecule has 1 aliphatic heterocycles. The molecule has 0 saturated carbocycles. The lowest BCUT2D eigenvalue weighted by Gasteiger charge is -2.28. The van der Waals surface area contributed by atoms with Crippen molar-refractivity contribution in [1.29, 1.82) is 5.26 Å². The van der Waals surface area contributed by atoms with E-state index in [1.807, 2.05) is 50.2 Å². The minimum absolute atomic E-state index is 0.144. The van der Waals surface area contributed by atoms with Crippen LogP contribution in [0.5, 0.6) is 0 Å². The zero-order valence-electron chi connectivity index (χ0n) is 14.9. The molecule has 1 aliphatic rings.